The number of rotatable bonds is 2. The molecule has 0 aliphatic carbocycles. The third-order valence-corrected chi connectivity index (χ3v) is 1.15. The molecule has 1 aromatic heterocycles. The van der Waals surface area contributed by atoms with Crippen molar-refractivity contribution in [1.82, 2.24) is 9.97 Å². The van der Waals surface area contributed by atoms with Crippen molar-refractivity contribution < 1.29 is 15.0 Å². The number of aromatic nitrogens is 2. The summed E-state index contributed by atoms with van der Waals surface area (Å²) in [5.41, 5.74) is 4.21. The topological polar surface area (TPSA) is 68.9 Å². The molecule has 0 unspecified atom stereocenters. The van der Waals surface area contributed by atoms with Crippen LogP contribution in [-0.2, 0) is 0 Å². The quantitative estimate of drug-likeness (QED) is 0.856. The zero-order chi connectivity index (χ0) is 13.1. The molecule has 1 aromatic rings. The molecule has 0 aromatic carbocycles. The Hall–Kier alpha value is -1.59. The number of nitrogens with two attached hydrogens (primary N) is 1. The van der Waals surface area contributed by atoms with E-state index in [0.29, 0.717) is 0 Å². The Kier molecular flexibility index (Phi) is 10.5. The van der Waals surface area contributed by atoms with Gasteiger partial charge in [0.25, 0.3) is 12.3 Å². The summed E-state index contributed by atoms with van der Waals surface area (Å²) in [5, 5.41) is 0. The van der Waals surface area contributed by atoms with Gasteiger partial charge in [-0.3, -0.25) is 9.78 Å². The maximum absolute atomic E-state index is 11.9. The summed E-state index contributed by atoms with van der Waals surface area (Å²) in [5.74, 6) is -0.789. The highest BCUT2D eigenvalue weighted by molar-refractivity contribution is 5.90. The van der Waals surface area contributed by atoms with Gasteiger partial charge in [-0.15, -0.1) is 0 Å². The van der Waals surface area contributed by atoms with E-state index >= 15 is 0 Å². The molecule has 4 nitrogen and oxygen atoms in total. The molecule has 0 bridgehead atoms. The van der Waals surface area contributed by atoms with Gasteiger partial charge in [0.2, 0.25) is 0 Å². The molecular formula is C10H19F2N3O. The van der Waals surface area contributed by atoms with Crippen LogP contribution in [0.2, 0.25) is 0 Å². The monoisotopic (exact) mass is 235 g/mol. The summed E-state index contributed by atoms with van der Waals surface area (Å²) in [6, 6.07) is 0. The Bertz CT molecular complexity index is 294. The highest BCUT2D eigenvalue weighted by Crippen LogP contribution is 2.13. The third-order valence-electron chi connectivity index (χ3n) is 1.15. The number of nitrogens with zero attached hydrogens (tertiary/aromatic N) is 2. The predicted molar refractivity (Wildman–Crippen MR) is 60.3 cm³/mol. The molecule has 2 N–H and O–H groups in total. The SMILES string of the molecule is CC.CC.NC(=O)c1cnc(C(F)F)cn1.[HH]. The van der Waals surface area contributed by atoms with Crippen molar-refractivity contribution in [2.24, 2.45) is 5.73 Å². The van der Waals surface area contributed by atoms with Crippen molar-refractivity contribution >= 4 is 5.91 Å². The van der Waals surface area contributed by atoms with E-state index in [2.05, 4.69) is 9.97 Å². The maximum Gasteiger partial charge on any atom is 0.281 e. The van der Waals surface area contributed by atoms with Crippen LogP contribution < -0.4 is 5.73 Å². The van der Waals surface area contributed by atoms with Gasteiger partial charge in [-0.05, 0) is 0 Å². The molecule has 0 fully saturated rings. The number of carbonyl (C=O) groups excluding carboxylic acids is 1. The fourth-order valence-electron chi connectivity index (χ4n) is 0.578. The average molecular weight is 235 g/mol. The first-order valence-electron chi connectivity index (χ1n) is 5.01. The first-order valence-corrected chi connectivity index (χ1v) is 5.01. The molecule has 1 amide bonds. The van der Waals surface area contributed by atoms with E-state index in [9.17, 15) is 13.6 Å². The van der Waals surface area contributed by atoms with Crippen LogP contribution in [0.3, 0.4) is 0 Å². The van der Waals surface area contributed by atoms with Gasteiger partial charge in [0.15, 0.2) is 0 Å². The molecule has 0 saturated heterocycles. The molecular weight excluding hydrogens is 216 g/mol. The zero-order valence-corrected chi connectivity index (χ0v) is 9.87. The van der Waals surface area contributed by atoms with Crippen LogP contribution in [0.4, 0.5) is 8.78 Å². The van der Waals surface area contributed by atoms with E-state index in [1.807, 2.05) is 27.7 Å². The normalized spacial score (nSPS) is 8.44. The van der Waals surface area contributed by atoms with Crippen molar-refractivity contribution in [3.8, 4) is 0 Å². The molecule has 0 atom stereocenters. The van der Waals surface area contributed by atoms with Gasteiger partial charge < -0.3 is 5.73 Å². The van der Waals surface area contributed by atoms with Crippen molar-refractivity contribution in [3.05, 3.63) is 23.8 Å². The lowest BCUT2D eigenvalue weighted by Gasteiger charge is -1.97. The third kappa shape index (κ3) is 6.00. The molecule has 16 heavy (non-hydrogen) atoms. The first kappa shape index (κ1) is 16.8. The van der Waals surface area contributed by atoms with Gasteiger partial charge in [-0.1, -0.05) is 27.7 Å². The summed E-state index contributed by atoms with van der Waals surface area (Å²) in [4.78, 5) is 17.1. The van der Waals surface area contributed by atoms with Crippen LogP contribution >= 0.6 is 0 Å². The van der Waals surface area contributed by atoms with Crippen LogP contribution in [0.5, 0.6) is 0 Å². The lowest BCUT2D eigenvalue weighted by atomic mass is 10.4. The molecule has 0 aliphatic rings. The summed E-state index contributed by atoms with van der Waals surface area (Å²) in [6.07, 6.45) is -0.936. The Labute approximate surface area is 95.4 Å². The number of hydrogen-bond acceptors (Lipinski definition) is 3. The second-order valence-electron chi connectivity index (χ2n) is 1.99. The highest BCUT2D eigenvalue weighted by atomic mass is 19.3. The van der Waals surface area contributed by atoms with Gasteiger partial charge in [0.1, 0.15) is 11.4 Å². The van der Waals surface area contributed by atoms with Gasteiger partial charge in [0, 0.05) is 1.43 Å². The summed E-state index contributed by atoms with van der Waals surface area (Å²) in [7, 11) is 0. The zero-order valence-electron chi connectivity index (χ0n) is 9.87. The van der Waals surface area contributed by atoms with Gasteiger partial charge >= 0.3 is 0 Å². The Balaban J connectivity index is -0.000000355. The number of primary amides is 1. The lowest BCUT2D eigenvalue weighted by Crippen LogP contribution is -2.13. The molecule has 94 valence electrons. The first-order chi connectivity index (χ1) is 7.61. The molecule has 0 saturated carbocycles. The molecule has 1 heterocycles. The van der Waals surface area contributed by atoms with E-state index in [1.165, 1.54) is 0 Å². The standard InChI is InChI=1S/C6H5F2N3O.2C2H6.H2/c7-5(8)3-1-11-4(2-10-3)6(9)12;2*1-2;/h1-2,5H,(H2,9,12);2*1-2H3;1H. The van der Waals surface area contributed by atoms with Crippen LogP contribution in [0.1, 0.15) is 51.7 Å². The number of alkyl halides is 2. The number of halogens is 2. The molecule has 1 rings (SSSR count). The fourth-order valence-corrected chi connectivity index (χ4v) is 0.578. The number of amides is 1. The minimum atomic E-state index is -2.68. The van der Waals surface area contributed by atoms with Crippen molar-refractivity contribution in [2.45, 2.75) is 34.1 Å². The molecule has 6 heteroatoms. The maximum atomic E-state index is 11.9. The average Bonchev–Trinajstić information content (AvgIpc) is 2.34. The second-order valence-corrected chi connectivity index (χ2v) is 1.99. The Morgan fingerprint density at radius 1 is 1.25 bits per heavy atom. The van der Waals surface area contributed by atoms with Gasteiger partial charge in [0.05, 0.1) is 12.4 Å². The summed E-state index contributed by atoms with van der Waals surface area (Å²) >= 11 is 0. The van der Waals surface area contributed by atoms with Crippen LogP contribution in [-0.4, -0.2) is 15.9 Å². The van der Waals surface area contributed by atoms with E-state index in [-0.39, 0.29) is 7.12 Å². The second kappa shape index (κ2) is 9.95. The van der Waals surface area contributed by atoms with E-state index in [4.69, 9.17) is 5.73 Å². The fraction of sp³-hybridized carbons (Fsp3) is 0.500. The van der Waals surface area contributed by atoms with Crippen LogP contribution in [0.15, 0.2) is 12.4 Å². The number of hydrogen-bond donors (Lipinski definition) is 1. The van der Waals surface area contributed by atoms with Gasteiger partial charge in [-0.25, -0.2) is 13.8 Å². The van der Waals surface area contributed by atoms with E-state index in [1.54, 1.807) is 0 Å². The minimum Gasteiger partial charge on any atom is -0.364 e. The number of carbonyl (C=O) groups is 1. The molecule has 0 spiro atoms. The smallest absolute Gasteiger partial charge is 0.281 e. The van der Waals surface area contributed by atoms with Gasteiger partial charge in [-0.2, -0.15) is 0 Å². The molecule has 0 aliphatic heterocycles. The summed E-state index contributed by atoms with van der Waals surface area (Å²) < 4.78 is 23.8. The van der Waals surface area contributed by atoms with Crippen molar-refractivity contribution in [3.63, 3.8) is 0 Å². The van der Waals surface area contributed by atoms with Crippen LogP contribution in [0, 0.1) is 0 Å². The van der Waals surface area contributed by atoms with Crippen molar-refractivity contribution in [2.75, 3.05) is 0 Å². The van der Waals surface area contributed by atoms with E-state index in [0.717, 1.165) is 12.4 Å². The highest BCUT2D eigenvalue weighted by Gasteiger charge is 2.10. The van der Waals surface area contributed by atoms with Crippen molar-refractivity contribution in [1.29, 1.82) is 0 Å². The molecule has 0 radical (unpaired) electrons. The minimum absolute atomic E-state index is 0. The summed E-state index contributed by atoms with van der Waals surface area (Å²) in [6.45, 7) is 8.00. The lowest BCUT2D eigenvalue weighted by molar-refractivity contribution is 0.0993. The largest absolute Gasteiger partial charge is 0.364 e. The van der Waals surface area contributed by atoms with Crippen LogP contribution in [0.25, 0.3) is 0 Å². The predicted octanol–water partition coefficient (Wildman–Crippen LogP) is 2.81. The van der Waals surface area contributed by atoms with E-state index < -0.39 is 18.0 Å². The Morgan fingerprint density at radius 2 is 1.75 bits per heavy atom. The Morgan fingerprint density at radius 3 is 2.00 bits per heavy atom.